The van der Waals surface area contributed by atoms with Crippen molar-refractivity contribution in [1.82, 2.24) is 10.3 Å². The predicted molar refractivity (Wildman–Crippen MR) is 111 cm³/mol. The van der Waals surface area contributed by atoms with Crippen LogP contribution in [0.1, 0.15) is 28.4 Å². The Balaban J connectivity index is 1.66. The van der Waals surface area contributed by atoms with Crippen LogP contribution in [0, 0.1) is 6.92 Å². The van der Waals surface area contributed by atoms with Crippen LogP contribution >= 0.6 is 0 Å². The molecule has 0 bridgehead atoms. The molecule has 0 saturated heterocycles. The van der Waals surface area contributed by atoms with Crippen LogP contribution in [0.3, 0.4) is 0 Å². The van der Waals surface area contributed by atoms with Gasteiger partial charge in [-0.1, -0.05) is 35.9 Å². The summed E-state index contributed by atoms with van der Waals surface area (Å²) in [6.07, 6.45) is 3.17. The van der Waals surface area contributed by atoms with E-state index in [0.29, 0.717) is 23.5 Å². The first kappa shape index (κ1) is 19.1. The Hall–Kier alpha value is -3.67. The molecule has 0 aliphatic heterocycles. The summed E-state index contributed by atoms with van der Waals surface area (Å²) in [7, 11) is 0. The zero-order chi connectivity index (χ0) is 19.9. The highest BCUT2D eigenvalue weighted by Gasteiger charge is 2.08. The number of hydrogen-bond donors (Lipinski definition) is 3. The van der Waals surface area contributed by atoms with Crippen molar-refractivity contribution >= 4 is 28.9 Å². The van der Waals surface area contributed by atoms with Crippen molar-refractivity contribution in [3.05, 3.63) is 83.7 Å². The van der Waals surface area contributed by atoms with Crippen LogP contribution in [0.15, 0.2) is 67.0 Å². The van der Waals surface area contributed by atoms with Crippen LogP contribution in [0.2, 0.25) is 0 Å². The molecule has 6 nitrogen and oxygen atoms in total. The van der Waals surface area contributed by atoms with Crippen LogP contribution in [0.4, 0.5) is 17.1 Å². The summed E-state index contributed by atoms with van der Waals surface area (Å²) in [6.45, 7) is 3.94. The number of anilines is 3. The monoisotopic (exact) mass is 374 g/mol. The third-order valence-electron chi connectivity index (χ3n) is 4.01. The lowest BCUT2D eigenvalue weighted by molar-refractivity contribution is -0.114. The van der Waals surface area contributed by atoms with E-state index in [1.807, 2.05) is 49.4 Å². The number of aryl methyl sites for hydroxylation is 1. The Kier molecular flexibility index (Phi) is 6.01. The minimum Gasteiger partial charge on any atom is -0.354 e. The molecule has 2 amide bonds. The molecule has 0 spiro atoms. The lowest BCUT2D eigenvalue weighted by Crippen LogP contribution is -2.23. The van der Waals surface area contributed by atoms with Gasteiger partial charge in [0.1, 0.15) is 0 Å². The minimum atomic E-state index is -0.190. The van der Waals surface area contributed by atoms with Gasteiger partial charge in [-0.05, 0) is 36.8 Å². The fraction of sp³-hybridized carbons (Fsp3) is 0.136. The Morgan fingerprint density at radius 3 is 2.50 bits per heavy atom. The lowest BCUT2D eigenvalue weighted by Gasteiger charge is -2.10. The Bertz CT molecular complexity index is 1000. The van der Waals surface area contributed by atoms with Gasteiger partial charge < -0.3 is 16.0 Å². The number of amides is 2. The largest absolute Gasteiger partial charge is 0.354 e. The molecule has 2 aromatic carbocycles. The molecule has 6 heteroatoms. The molecule has 1 heterocycles. The minimum absolute atomic E-state index is 0.133. The summed E-state index contributed by atoms with van der Waals surface area (Å²) in [5.41, 5.74) is 4.83. The second kappa shape index (κ2) is 8.81. The second-order valence-corrected chi connectivity index (χ2v) is 6.52. The van der Waals surface area contributed by atoms with Crippen molar-refractivity contribution in [3.8, 4) is 0 Å². The Morgan fingerprint density at radius 2 is 1.71 bits per heavy atom. The molecule has 3 N–H and O–H groups in total. The number of rotatable bonds is 6. The first-order valence-electron chi connectivity index (χ1n) is 8.93. The fourth-order valence-electron chi connectivity index (χ4n) is 2.78. The van der Waals surface area contributed by atoms with E-state index in [2.05, 4.69) is 20.9 Å². The smallest absolute Gasteiger partial charge is 0.253 e. The average molecular weight is 374 g/mol. The van der Waals surface area contributed by atoms with Crippen LogP contribution in [-0.4, -0.2) is 16.8 Å². The SMILES string of the molecule is CC(=O)Nc1cccc(Nc2cncc(C(=O)NCc3cccc(C)c3)c2)c1. The molecule has 0 saturated carbocycles. The van der Waals surface area contributed by atoms with Gasteiger partial charge in [-0.15, -0.1) is 0 Å². The third-order valence-corrected chi connectivity index (χ3v) is 4.01. The van der Waals surface area contributed by atoms with Crippen molar-refractivity contribution in [2.45, 2.75) is 20.4 Å². The first-order chi connectivity index (χ1) is 13.5. The molecule has 0 atom stereocenters. The van der Waals surface area contributed by atoms with Gasteiger partial charge >= 0.3 is 0 Å². The summed E-state index contributed by atoms with van der Waals surface area (Å²) in [4.78, 5) is 27.8. The molecule has 3 aromatic rings. The molecule has 3 rings (SSSR count). The number of pyridine rings is 1. The Morgan fingerprint density at radius 1 is 0.929 bits per heavy atom. The number of hydrogen-bond acceptors (Lipinski definition) is 4. The summed E-state index contributed by atoms with van der Waals surface area (Å²) >= 11 is 0. The quantitative estimate of drug-likeness (QED) is 0.608. The maximum Gasteiger partial charge on any atom is 0.253 e. The normalized spacial score (nSPS) is 10.2. The molecule has 0 fully saturated rings. The van der Waals surface area contributed by atoms with E-state index in [-0.39, 0.29) is 11.8 Å². The number of carbonyl (C=O) groups excluding carboxylic acids is 2. The van der Waals surface area contributed by atoms with Gasteiger partial charge in [-0.25, -0.2) is 0 Å². The number of carbonyl (C=O) groups is 2. The van der Waals surface area contributed by atoms with E-state index < -0.39 is 0 Å². The van der Waals surface area contributed by atoms with Gasteiger partial charge in [-0.2, -0.15) is 0 Å². The van der Waals surface area contributed by atoms with Gasteiger partial charge in [0.15, 0.2) is 0 Å². The van der Waals surface area contributed by atoms with E-state index in [1.54, 1.807) is 18.3 Å². The van der Waals surface area contributed by atoms with Crippen molar-refractivity contribution in [1.29, 1.82) is 0 Å². The van der Waals surface area contributed by atoms with Gasteiger partial charge in [-0.3, -0.25) is 14.6 Å². The molecule has 0 unspecified atom stereocenters. The first-order valence-corrected chi connectivity index (χ1v) is 8.93. The highest BCUT2D eigenvalue weighted by atomic mass is 16.2. The van der Waals surface area contributed by atoms with Gasteiger partial charge in [0.05, 0.1) is 17.4 Å². The van der Waals surface area contributed by atoms with Gasteiger partial charge in [0, 0.05) is 31.0 Å². The number of nitrogens with one attached hydrogen (secondary N) is 3. The van der Waals surface area contributed by atoms with Crippen molar-refractivity contribution in [2.24, 2.45) is 0 Å². The second-order valence-electron chi connectivity index (χ2n) is 6.52. The molecule has 0 aliphatic rings. The maximum absolute atomic E-state index is 12.5. The molecule has 0 aliphatic carbocycles. The highest BCUT2D eigenvalue weighted by molar-refractivity contribution is 5.95. The third kappa shape index (κ3) is 5.41. The average Bonchev–Trinajstić information content (AvgIpc) is 2.66. The van der Waals surface area contributed by atoms with Crippen LogP contribution in [-0.2, 0) is 11.3 Å². The lowest BCUT2D eigenvalue weighted by atomic mass is 10.1. The topological polar surface area (TPSA) is 83.1 Å². The van der Waals surface area contributed by atoms with Gasteiger partial charge in [0.2, 0.25) is 5.91 Å². The summed E-state index contributed by atoms with van der Waals surface area (Å²) in [5, 5.41) is 8.85. The molecule has 28 heavy (non-hydrogen) atoms. The number of aromatic nitrogens is 1. The van der Waals surface area contributed by atoms with E-state index in [4.69, 9.17) is 0 Å². The highest BCUT2D eigenvalue weighted by Crippen LogP contribution is 2.20. The van der Waals surface area contributed by atoms with E-state index in [9.17, 15) is 9.59 Å². The number of benzene rings is 2. The van der Waals surface area contributed by atoms with E-state index in [0.717, 1.165) is 16.8 Å². The zero-order valence-electron chi connectivity index (χ0n) is 15.8. The van der Waals surface area contributed by atoms with Crippen LogP contribution < -0.4 is 16.0 Å². The van der Waals surface area contributed by atoms with E-state index >= 15 is 0 Å². The zero-order valence-corrected chi connectivity index (χ0v) is 15.8. The van der Waals surface area contributed by atoms with Gasteiger partial charge in [0.25, 0.3) is 5.91 Å². The molecule has 0 radical (unpaired) electrons. The molecular formula is C22H22N4O2. The van der Waals surface area contributed by atoms with Crippen molar-refractivity contribution in [3.63, 3.8) is 0 Å². The summed E-state index contributed by atoms with van der Waals surface area (Å²) < 4.78 is 0. The predicted octanol–water partition coefficient (Wildman–Crippen LogP) is 4.02. The fourth-order valence-corrected chi connectivity index (χ4v) is 2.78. The van der Waals surface area contributed by atoms with Crippen LogP contribution in [0.25, 0.3) is 0 Å². The number of nitrogens with zero attached hydrogens (tertiary/aromatic N) is 1. The Labute approximate surface area is 164 Å². The standard InChI is InChI=1S/C22H22N4O2/c1-15-5-3-6-17(9-15)12-24-22(28)18-10-21(14-23-13-18)26-20-8-4-7-19(11-20)25-16(2)27/h3-11,13-14,26H,12H2,1-2H3,(H,24,28)(H,25,27). The molecule has 1 aromatic heterocycles. The summed E-state index contributed by atoms with van der Waals surface area (Å²) in [6, 6.07) is 17.1. The maximum atomic E-state index is 12.5. The summed E-state index contributed by atoms with van der Waals surface area (Å²) in [5.74, 6) is -0.323. The van der Waals surface area contributed by atoms with Crippen molar-refractivity contribution < 1.29 is 9.59 Å². The molecular weight excluding hydrogens is 352 g/mol. The van der Waals surface area contributed by atoms with E-state index in [1.165, 1.54) is 13.1 Å². The van der Waals surface area contributed by atoms with Crippen molar-refractivity contribution in [2.75, 3.05) is 10.6 Å². The molecule has 142 valence electrons. The van der Waals surface area contributed by atoms with Crippen LogP contribution in [0.5, 0.6) is 0 Å².